The van der Waals surface area contributed by atoms with E-state index in [9.17, 15) is 9.59 Å². The number of piperidine rings is 1. The maximum absolute atomic E-state index is 12.0. The molecule has 1 unspecified atom stereocenters. The average Bonchev–Trinajstić information content (AvgIpc) is 2.43. The second-order valence-electron chi connectivity index (χ2n) is 5.32. The van der Waals surface area contributed by atoms with Crippen LogP contribution in [-0.2, 0) is 9.53 Å². The minimum Gasteiger partial charge on any atom is -0.452 e. The Morgan fingerprint density at radius 1 is 1.29 bits per heavy atom. The van der Waals surface area contributed by atoms with Crippen LogP contribution in [0.3, 0.4) is 0 Å². The van der Waals surface area contributed by atoms with Gasteiger partial charge < -0.3 is 9.64 Å². The highest BCUT2D eigenvalue weighted by molar-refractivity contribution is 6.35. The van der Waals surface area contributed by atoms with E-state index in [1.54, 1.807) is 4.90 Å². The molecule has 0 bridgehead atoms. The van der Waals surface area contributed by atoms with Gasteiger partial charge in [0.15, 0.2) is 6.61 Å². The van der Waals surface area contributed by atoms with Crippen molar-refractivity contribution in [3.63, 3.8) is 0 Å². The highest BCUT2D eigenvalue weighted by atomic mass is 35.5. The third kappa shape index (κ3) is 4.61. The number of likely N-dealkylation sites (tertiary alicyclic amines) is 1. The molecule has 114 valence electrons. The van der Waals surface area contributed by atoms with Crippen LogP contribution in [-0.4, -0.2) is 36.5 Å². The van der Waals surface area contributed by atoms with E-state index in [2.05, 4.69) is 6.92 Å². The first kappa shape index (κ1) is 16.1. The number of carbonyl (C=O) groups is 2. The van der Waals surface area contributed by atoms with Crippen molar-refractivity contribution in [1.82, 2.24) is 4.90 Å². The van der Waals surface area contributed by atoms with E-state index >= 15 is 0 Å². The summed E-state index contributed by atoms with van der Waals surface area (Å²) >= 11 is 11.7. The van der Waals surface area contributed by atoms with Crippen LogP contribution in [0, 0.1) is 5.92 Å². The van der Waals surface area contributed by atoms with Crippen molar-refractivity contribution in [3.8, 4) is 0 Å². The Kier molecular flexibility index (Phi) is 5.48. The molecule has 4 nitrogen and oxygen atoms in total. The van der Waals surface area contributed by atoms with E-state index in [-0.39, 0.29) is 18.1 Å². The summed E-state index contributed by atoms with van der Waals surface area (Å²) in [5, 5.41) is 0.705. The van der Waals surface area contributed by atoms with Gasteiger partial charge in [-0.15, -0.1) is 0 Å². The number of ether oxygens (including phenoxy) is 1. The number of halogens is 2. The normalized spacial score (nSPS) is 18.4. The van der Waals surface area contributed by atoms with Crippen LogP contribution in [0.25, 0.3) is 0 Å². The Morgan fingerprint density at radius 3 is 2.57 bits per heavy atom. The minimum atomic E-state index is -0.599. The summed E-state index contributed by atoms with van der Waals surface area (Å²) in [5.41, 5.74) is 0.243. The molecular formula is C15H17Cl2NO3. The molecule has 0 N–H and O–H groups in total. The van der Waals surface area contributed by atoms with Crippen molar-refractivity contribution >= 4 is 35.1 Å². The van der Waals surface area contributed by atoms with E-state index in [4.69, 9.17) is 27.9 Å². The first-order valence-corrected chi connectivity index (χ1v) is 7.62. The lowest BCUT2D eigenvalue weighted by molar-refractivity contribution is -0.136. The molecule has 1 fully saturated rings. The molecule has 1 atom stereocenters. The lowest BCUT2D eigenvalue weighted by Gasteiger charge is -2.30. The fourth-order valence-electron chi connectivity index (χ4n) is 2.39. The molecule has 0 radical (unpaired) electrons. The van der Waals surface area contributed by atoms with Gasteiger partial charge in [-0.2, -0.15) is 0 Å². The van der Waals surface area contributed by atoms with E-state index in [0.29, 0.717) is 16.0 Å². The van der Waals surface area contributed by atoms with Crippen molar-refractivity contribution in [2.75, 3.05) is 19.7 Å². The molecule has 1 heterocycles. The molecule has 2 rings (SSSR count). The zero-order chi connectivity index (χ0) is 15.4. The van der Waals surface area contributed by atoms with Gasteiger partial charge in [-0.3, -0.25) is 4.79 Å². The van der Waals surface area contributed by atoms with Gasteiger partial charge in [0, 0.05) is 23.1 Å². The summed E-state index contributed by atoms with van der Waals surface area (Å²) in [6.07, 6.45) is 2.12. The molecule has 1 aliphatic rings. The third-order valence-corrected chi connectivity index (χ3v) is 3.87. The molecule has 21 heavy (non-hydrogen) atoms. The predicted molar refractivity (Wildman–Crippen MR) is 81.7 cm³/mol. The van der Waals surface area contributed by atoms with Crippen molar-refractivity contribution in [3.05, 3.63) is 33.8 Å². The number of amides is 1. The molecule has 0 saturated carbocycles. The SMILES string of the molecule is CC1CCCN(C(=O)COC(=O)c2cc(Cl)cc(Cl)c2)C1. The van der Waals surface area contributed by atoms with Crippen molar-refractivity contribution in [2.24, 2.45) is 5.92 Å². The molecule has 1 amide bonds. The fourth-order valence-corrected chi connectivity index (χ4v) is 2.92. The highest BCUT2D eigenvalue weighted by Crippen LogP contribution is 2.20. The van der Waals surface area contributed by atoms with E-state index in [1.165, 1.54) is 18.2 Å². The zero-order valence-corrected chi connectivity index (χ0v) is 13.3. The van der Waals surface area contributed by atoms with E-state index in [1.807, 2.05) is 0 Å². The Labute approximate surface area is 134 Å². The second kappa shape index (κ2) is 7.14. The molecule has 1 aromatic rings. The number of carbonyl (C=O) groups excluding carboxylic acids is 2. The maximum Gasteiger partial charge on any atom is 0.338 e. The summed E-state index contributed by atoms with van der Waals surface area (Å²) in [4.78, 5) is 25.6. The van der Waals surface area contributed by atoms with E-state index < -0.39 is 5.97 Å². The Balaban J connectivity index is 1.90. The number of hydrogen-bond donors (Lipinski definition) is 0. The summed E-state index contributed by atoms with van der Waals surface area (Å²) in [6, 6.07) is 4.45. The zero-order valence-electron chi connectivity index (χ0n) is 11.8. The van der Waals surface area contributed by atoms with Gasteiger partial charge in [0.25, 0.3) is 5.91 Å². The van der Waals surface area contributed by atoms with Crippen molar-refractivity contribution in [1.29, 1.82) is 0 Å². The van der Waals surface area contributed by atoms with Gasteiger partial charge in [0.05, 0.1) is 5.56 Å². The summed E-state index contributed by atoms with van der Waals surface area (Å²) < 4.78 is 5.04. The summed E-state index contributed by atoms with van der Waals surface area (Å²) in [7, 11) is 0. The van der Waals surface area contributed by atoms with Gasteiger partial charge in [0.1, 0.15) is 0 Å². The quantitative estimate of drug-likeness (QED) is 0.798. The van der Waals surface area contributed by atoms with Gasteiger partial charge in [-0.25, -0.2) is 4.79 Å². The lowest BCUT2D eigenvalue weighted by Crippen LogP contribution is -2.41. The molecule has 0 aliphatic carbocycles. The average molecular weight is 330 g/mol. The molecule has 0 spiro atoms. The molecule has 0 aromatic heterocycles. The molecule has 1 aromatic carbocycles. The number of esters is 1. The topological polar surface area (TPSA) is 46.6 Å². The molecule has 1 aliphatic heterocycles. The number of nitrogens with zero attached hydrogens (tertiary/aromatic N) is 1. The van der Waals surface area contributed by atoms with E-state index in [0.717, 1.165) is 25.9 Å². The van der Waals surface area contributed by atoms with Crippen LogP contribution in [0.15, 0.2) is 18.2 Å². The molecule has 1 saturated heterocycles. The van der Waals surface area contributed by atoms with Gasteiger partial charge in [-0.05, 0) is 37.0 Å². The smallest absolute Gasteiger partial charge is 0.338 e. The van der Waals surface area contributed by atoms with Crippen molar-refractivity contribution in [2.45, 2.75) is 19.8 Å². The van der Waals surface area contributed by atoms with Crippen LogP contribution in [0.2, 0.25) is 10.0 Å². The number of benzene rings is 1. The van der Waals surface area contributed by atoms with Crippen LogP contribution < -0.4 is 0 Å². The minimum absolute atomic E-state index is 0.164. The first-order valence-electron chi connectivity index (χ1n) is 6.86. The van der Waals surface area contributed by atoms with Crippen LogP contribution in [0.5, 0.6) is 0 Å². The predicted octanol–water partition coefficient (Wildman–Crippen LogP) is 3.41. The van der Waals surface area contributed by atoms with Crippen LogP contribution >= 0.6 is 23.2 Å². The summed E-state index contributed by atoms with van der Waals surface area (Å²) in [6.45, 7) is 3.30. The Bertz CT molecular complexity index is 527. The Morgan fingerprint density at radius 2 is 1.95 bits per heavy atom. The molecule has 6 heteroatoms. The molecular weight excluding hydrogens is 313 g/mol. The van der Waals surface area contributed by atoms with Gasteiger partial charge in [-0.1, -0.05) is 30.1 Å². The number of rotatable bonds is 3. The number of hydrogen-bond acceptors (Lipinski definition) is 3. The van der Waals surface area contributed by atoms with Crippen LogP contribution in [0.1, 0.15) is 30.1 Å². The fraction of sp³-hybridized carbons (Fsp3) is 0.467. The van der Waals surface area contributed by atoms with Gasteiger partial charge >= 0.3 is 5.97 Å². The monoisotopic (exact) mass is 329 g/mol. The van der Waals surface area contributed by atoms with Gasteiger partial charge in [0.2, 0.25) is 0 Å². The highest BCUT2D eigenvalue weighted by Gasteiger charge is 2.22. The van der Waals surface area contributed by atoms with Crippen LogP contribution in [0.4, 0.5) is 0 Å². The summed E-state index contributed by atoms with van der Waals surface area (Å²) in [5.74, 6) is -0.272. The lowest BCUT2D eigenvalue weighted by atomic mass is 10.0. The standard InChI is InChI=1S/C15H17Cl2NO3/c1-10-3-2-4-18(8-10)14(19)9-21-15(20)11-5-12(16)7-13(17)6-11/h5-7,10H,2-4,8-9H2,1H3. The third-order valence-electron chi connectivity index (χ3n) is 3.43. The second-order valence-corrected chi connectivity index (χ2v) is 6.19. The maximum atomic E-state index is 12.0. The van der Waals surface area contributed by atoms with Crippen molar-refractivity contribution < 1.29 is 14.3 Å². The first-order chi connectivity index (χ1) is 9.95. The Hall–Kier alpha value is -1.26. The largest absolute Gasteiger partial charge is 0.452 e.